The molecule has 2 fully saturated rings. The van der Waals surface area contributed by atoms with Crippen LogP contribution in [0.25, 0.3) is 0 Å². The minimum Gasteiger partial charge on any atom is -0.348 e. The van der Waals surface area contributed by atoms with E-state index in [1.807, 2.05) is 23.2 Å². The van der Waals surface area contributed by atoms with Gasteiger partial charge in [0, 0.05) is 73.7 Å². The summed E-state index contributed by atoms with van der Waals surface area (Å²) >= 11 is 12.2. The first-order valence-electron chi connectivity index (χ1n) is 10.2. The molecular weight excluding hydrogens is 409 g/mol. The molecular formula is C21H27Cl2N5O. The van der Waals surface area contributed by atoms with Crippen LogP contribution in [0.3, 0.4) is 0 Å². The summed E-state index contributed by atoms with van der Waals surface area (Å²) in [6, 6.07) is 5.69. The number of hydrogen-bond acceptors (Lipinski definition) is 4. The summed E-state index contributed by atoms with van der Waals surface area (Å²) in [4.78, 5) is 26.7. The number of carbonyl (C=O) groups excluding carboxylic acids is 1. The Kier molecular flexibility index (Phi) is 6.75. The van der Waals surface area contributed by atoms with Crippen molar-refractivity contribution in [1.82, 2.24) is 24.7 Å². The highest BCUT2D eigenvalue weighted by molar-refractivity contribution is 6.34. The third-order valence-corrected chi connectivity index (χ3v) is 6.40. The second-order valence-electron chi connectivity index (χ2n) is 7.99. The number of halogens is 2. The summed E-state index contributed by atoms with van der Waals surface area (Å²) in [6.45, 7) is 6.72. The van der Waals surface area contributed by atoms with Crippen LogP contribution in [-0.2, 0) is 11.3 Å². The summed E-state index contributed by atoms with van der Waals surface area (Å²) in [5.74, 6) is 0.744. The van der Waals surface area contributed by atoms with Crippen molar-refractivity contribution in [2.75, 3.05) is 45.8 Å². The Hall–Kier alpha value is -1.60. The lowest BCUT2D eigenvalue weighted by molar-refractivity contribution is -0.134. The molecule has 0 unspecified atom stereocenters. The number of amides is 1. The normalized spacial score (nSPS) is 19.6. The van der Waals surface area contributed by atoms with E-state index >= 15 is 0 Å². The summed E-state index contributed by atoms with van der Waals surface area (Å²) in [6.07, 6.45) is 5.64. The molecule has 4 rings (SSSR count). The van der Waals surface area contributed by atoms with E-state index in [4.69, 9.17) is 23.2 Å². The first-order chi connectivity index (χ1) is 14.1. The number of imidazole rings is 1. The minimum absolute atomic E-state index is 0.253. The smallest absolute Gasteiger partial charge is 0.236 e. The molecule has 156 valence electrons. The third-order valence-electron chi connectivity index (χ3n) is 5.96. The summed E-state index contributed by atoms with van der Waals surface area (Å²) in [5, 5.41) is 1.35. The van der Waals surface area contributed by atoms with Crippen molar-refractivity contribution in [3.63, 3.8) is 0 Å². The highest BCUT2D eigenvalue weighted by atomic mass is 35.5. The number of carbonyl (C=O) groups is 1. The predicted octanol–water partition coefficient (Wildman–Crippen LogP) is 3.24. The maximum atomic E-state index is 12.7. The van der Waals surface area contributed by atoms with Gasteiger partial charge in [-0.2, -0.15) is 0 Å². The van der Waals surface area contributed by atoms with Crippen molar-refractivity contribution in [3.8, 4) is 0 Å². The van der Waals surface area contributed by atoms with Crippen molar-refractivity contribution >= 4 is 29.1 Å². The van der Waals surface area contributed by atoms with Crippen molar-refractivity contribution < 1.29 is 4.79 Å². The molecule has 8 heteroatoms. The van der Waals surface area contributed by atoms with E-state index < -0.39 is 0 Å². The van der Waals surface area contributed by atoms with E-state index in [1.54, 1.807) is 12.4 Å². The molecule has 1 N–H and O–H groups in total. The summed E-state index contributed by atoms with van der Waals surface area (Å²) in [7, 11) is 0. The summed E-state index contributed by atoms with van der Waals surface area (Å²) < 4.78 is 0. The first-order valence-corrected chi connectivity index (χ1v) is 11.0. The number of aromatic amines is 1. The van der Waals surface area contributed by atoms with Gasteiger partial charge in [-0.05, 0) is 36.6 Å². The Bertz CT molecular complexity index is 792. The van der Waals surface area contributed by atoms with Gasteiger partial charge in [0.05, 0.1) is 12.9 Å². The second-order valence-corrected chi connectivity index (χ2v) is 8.86. The second kappa shape index (κ2) is 9.47. The molecule has 0 saturated carbocycles. The summed E-state index contributed by atoms with van der Waals surface area (Å²) in [5.41, 5.74) is 2.32. The molecule has 3 heterocycles. The third kappa shape index (κ3) is 5.51. The van der Waals surface area contributed by atoms with Gasteiger partial charge in [-0.1, -0.05) is 23.2 Å². The number of nitrogens with one attached hydrogen (secondary N) is 1. The quantitative estimate of drug-likeness (QED) is 0.782. The van der Waals surface area contributed by atoms with Crippen LogP contribution in [-0.4, -0.2) is 76.4 Å². The Balaban J connectivity index is 1.20. The molecule has 1 amide bonds. The van der Waals surface area contributed by atoms with E-state index in [0.717, 1.165) is 64.2 Å². The number of H-pyrrole nitrogens is 1. The van der Waals surface area contributed by atoms with Crippen LogP contribution in [0.5, 0.6) is 0 Å². The lowest BCUT2D eigenvalue weighted by atomic mass is 9.94. The van der Waals surface area contributed by atoms with E-state index in [1.165, 1.54) is 5.69 Å². The molecule has 0 spiro atoms. The molecule has 2 saturated heterocycles. The zero-order valence-electron chi connectivity index (χ0n) is 16.5. The van der Waals surface area contributed by atoms with Gasteiger partial charge in [0.25, 0.3) is 0 Å². The molecule has 0 aliphatic carbocycles. The predicted molar refractivity (Wildman–Crippen MR) is 115 cm³/mol. The fraction of sp³-hybridized carbons (Fsp3) is 0.524. The van der Waals surface area contributed by atoms with Crippen LogP contribution in [0.2, 0.25) is 10.0 Å². The highest BCUT2D eigenvalue weighted by Gasteiger charge is 2.26. The van der Waals surface area contributed by atoms with Gasteiger partial charge < -0.3 is 9.88 Å². The van der Waals surface area contributed by atoms with E-state index in [0.29, 0.717) is 22.5 Å². The molecule has 2 aromatic rings. The largest absolute Gasteiger partial charge is 0.348 e. The van der Waals surface area contributed by atoms with E-state index in [9.17, 15) is 4.79 Å². The lowest BCUT2D eigenvalue weighted by Crippen LogP contribution is -2.50. The number of benzene rings is 1. The fourth-order valence-corrected chi connectivity index (χ4v) is 4.86. The molecule has 0 bridgehead atoms. The standard InChI is InChI=1S/C21H27Cl2N5O/c22-18-9-16(10-19(23)11-18)13-26-5-7-27(8-6-26)14-21(29)28-3-1-17(2-4-28)20-12-24-15-25-20/h9-12,15,17H,1-8,13-14H2,(H,24,25). The number of piperazine rings is 1. The molecule has 1 aromatic heterocycles. The molecule has 6 nitrogen and oxygen atoms in total. The molecule has 0 radical (unpaired) electrons. The van der Waals surface area contributed by atoms with Crippen LogP contribution < -0.4 is 0 Å². The monoisotopic (exact) mass is 435 g/mol. The Morgan fingerprint density at radius 2 is 1.66 bits per heavy atom. The van der Waals surface area contributed by atoms with E-state index in [-0.39, 0.29) is 5.91 Å². The van der Waals surface area contributed by atoms with Crippen LogP contribution >= 0.6 is 23.2 Å². The molecule has 2 aliphatic heterocycles. The van der Waals surface area contributed by atoms with Gasteiger partial charge >= 0.3 is 0 Å². The van der Waals surface area contributed by atoms with Crippen molar-refractivity contribution in [1.29, 1.82) is 0 Å². The number of nitrogens with zero attached hydrogens (tertiary/aromatic N) is 4. The Morgan fingerprint density at radius 1 is 1.00 bits per heavy atom. The van der Waals surface area contributed by atoms with Gasteiger partial charge in [0.1, 0.15) is 0 Å². The average molecular weight is 436 g/mol. The average Bonchev–Trinajstić information content (AvgIpc) is 3.24. The van der Waals surface area contributed by atoms with Gasteiger partial charge in [-0.3, -0.25) is 14.6 Å². The fourth-order valence-electron chi connectivity index (χ4n) is 4.29. The maximum absolute atomic E-state index is 12.7. The number of aromatic nitrogens is 2. The zero-order chi connectivity index (χ0) is 20.2. The highest BCUT2D eigenvalue weighted by Crippen LogP contribution is 2.26. The van der Waals surface area contributed by atoms with Gasteiger partial charge in [-0.25, -0.2) is 4.98 Å². The van der Waals surface area contributed by atoms with Crippen LogP contribution in [0.4, 0.5) is 0 Å². The zero-order valence-corrected chi connectivity index (χ0v) is 18.0. The van der Waals surface area contributed by atoms with Crippen molar-refractivity contribution in [2.24, 2.45) is 0 Å². The topological polar surface area (TPSA) is 55.5 Å². The number of rotatable bonds is 5. The van der Waals surface area contributed by atoms with Crippen LogP contribution in [0.1, 0.15) is 30.0 Å². The SMILES string of the molecule is O=C(CN1CCN(Cc2cc(Cl)cc(Cl)c2)CC1)N1CCC(c2cnc[nH]2)CC1. The van der Waals surface area contributed by atoms with Gasteiger partial charge in [-0.15, -0.1) is 0 Å². The molecule has 0 atom stereocenters. The van der Waals surface area contributed by atoms with Crippen LogP contribution in [0, 0.1) is 0 Å². The number of likely N-dealkylation sites (tertiary alicyclic amines) is 1. The molecule has 1 aromatic carbocycles. The Morgan fingerprint density at radius 3 is 2.28 bits per heavy atom. The first kappa shape index (κ1) is 20.7. The minimum atomic E-state index is 0.253. The van der Waals surface area contributed by atoms with Crippen molar-refractivity contribution in [2.45, 2.75) is 25.3 Å². The molecule has 29 heavy (non-hydrogen) atoms. The van der Waals surface area contributed by atoms with Gasteiger partial charge in [0.15, 0.2) is 0 Å². The van der Waals surface area contributed by atoms with Gasteiger partial charge in [0.2, 0.25) is 5.91 Å². The lowest BCUT2D eigenvalue weighted by Gasteiger charge is -2.37. The van der Waals surface area contributed by atoms with Crippen LogP contribution in [0.15, 0.2) is 30.7 Å². The number of hydrogen-bond donors (Lipinski definition) is 1. The molecule has 2 aliphatic rings. The maximum Gasteiger partial charge on any atom is 0.236 e. The Labute approximate surface area is 181 Å². The van der Waals surface area contributed by atoms with Crippen molar-refractivity contribution in [3.05, 3.63) is 52.0 Å². The number of piperidine rings is 1. The van der Waals surface area contributed by atoms with E-state index in [2.05, 4.69) is 19.8 Å².